The van der Waals surface area contributed by atoms with E-state index in [-0.39, 0.29) is 16.4 Å². The first-order valence-corrected chi connectivity index (χ1v) is 10.9. The molecule has 4 rings (SSSR count). The standard InChI is InChI=1S/C20H22N4O4S/c1-15-19(29(26,27)24-10-2-3-11-24)13-18(28-15)20(25)22-17-7-4-6-16(12-17)14-23-9-5-8-21-23/h4-9,12-13H,2-3,10-11,14H2,1H3,(H,22,25). The van der Waals surface area contributed by atoms with E-state index in [1.54, 1.807) is 23.9 Å². The van der Waals surface area contributed by atoms with Gasteiger partial charge in [-0.05, 0) is 43.5 Å². The molecule has 1 aromatic carbocycles. The zero-order valence-electron chi connectivity index (χ0n) is 16.0. The summed E-state index contributed by atoms with van der Waals surface area (Å²) in [5.41, 5.74) is 1.57. The van der Waals surface area contributed by atoms with Crippen LogP contribution in [0.15, 0.2) is 58.1 Å². The maximum absolute atomic E-state index is 12.8. The molecule has 9 heteroatoms. The van der Waals surface area contributed by atoms with Crippen molar-refractivity contribution >= 4 is 21.6 Å². The summed E-state index contributed by atoms with van der Waals surface area (Å²) >= 11 is 0. The molecule has 0 aliphatic carbocycles. The average Bonchev–Trinajstić information content (AvgIpc) is 3.44. The highest BCUT2D eigenvalue weighted by Crippen LogP contribution is 2.27. The SMILES string of the molecule is Cc1oc(C(=O)Nc2cccc(Cn3cccn3)c2)cc1S(=O)(=O)N1CCCC1. The number of nitrogens with one attached hydrogen (secondary N) is 1. The number of anilines is 1. The van der Waals surface area contributed by atoms with E-state index in [1.807, 2.05) is 30.5 Å². The normalized spacial score (nSPS) is 14.9. The Morgan fingerprint density at radius 1 is 1.21 bits per heavy atom. The van der Waals surface area contributed by atoms with Crippen LogP contribution in [0.4, 0.5) is 5.69 Å². The number of hydrogen-bond donors (Lipinski definition) is 1. The molecule has 3 aromatic rings. The van der Waals surface area contributed by atoms with Crippen LogP contribution in [0.2, 0.25) is 0 Å². The first-order chi connectivity index (χ1) is 13.9. The number of furan rings is 1. The Bertz CT molecular complexity index is 1110. The number of carbonyl (C=O) groups excluding carboxylic acids is 1. The number of aryl methyl sites for hydroxylation is 1. The third kappa shape index (κ3) is 4.10. The second kappa shape index (κ2) is 7.84. The number of hydrogen-bond acceptors (Lipinski definition) is 5. The summed E-state index contributed by atoms with van der Waals surface area (Å²) < 4.78 is 34.2. The number of amides is 1. The van der Waals surface area contributed by atoms with E-state index >= 15 is 0 Å². The molecule has 3 heterocycles. The molecule has 1 fully saturated rings. The molecule has 8 nitrogen and oxygen atoms in total. The van der Waals surface area contributed by atoms with Crippen LogP contribution in [-0.4, -0.2) is 41.5 Å². The Morgan fingerprint density at radius 2 is 2.00 bits per heavy atom. The number of rotatable bonds is 6. The van der Waals surface area contributed by atoms with Crippen LogP contribution in [0.1, 0.15) is 34.7 Å². The van der Waals surface area contributed by atoms with Crippen LogP contribution in [0, 0.1) is 6.92 Å². The molecular formula is C20H22N4O4S. The van der Waals surface area contributed by atoms with Crippen molar-refractivity contribution in [1.29, 1.82) is 0 Å². The van der Waals surface area contributed by atoms with E-state index in [9.17, 15) is 13.2 Å². The Morgan fingerprint density at radius 3 is 2.72 bits per heavy atom. The van der Waals surface area contributed by atoms with Crippen molar-refractivity contribution in [2.45, 2.75) is 31.2 Å². The van der Waals surface area contributed by atoms with Crippen molar-refractivity contribution in [2.24, 2.45) is 0 Å². The van der Waals surface area contributed by atoms with Gasteiger partial charge < -0.3 is 9.73 Å². The third-order valence-electron chi connectivity index (χ3n) is 4.87. The summed E-state index contributed by atoms with van der Waals surface area (Å²) in [6.45, 7) is 3.13. The highest BCUT2D eigenvalue weighted by molar-refractivity contribution is 7.89. The summed E-state index contributed by atoms with van der Waals surface area (Å²) in [6, 6.07) is 10.5. The molecule has 1 N–H and O–H groups in total. The van der Waals surface area contributed by atoms with Gasteiger partial charge in [0.2, 0.25) is 10.0 Å². The minimum atomic E-state index is -3.64. The summed E-state index contributed by atoms with van der Waals surface area (Å²) in [4.78, 5) is 12.7. The molecule has 0 saturated carbocycles. The van der Waals surface area contributed by atoms with Crippen LogP contribution < -0.4 is 5.32 Å². The van der Waals surface area contributed by atoms with Crippen molar-refractivity contribution in [2.75, 3.05) is 18.4 Å². The molecule has 0 radical (unpaired) electrons. The first-order valence-electron chi connectivity index (χ1n) is 9.42. The molecule has 0 unspecified atom stereocenters. The fraction of sp³-hybridized carbons (Fsp3) is 0.300. The average molecular weight is 414 g/mol. The van der Waals surface area contributed by atoms with Crippen molar-refractivity contribution < 1.29 is 17.6 Å². The predicted molar refractivity (Wildman–Crippen MR) is 107 cm³/mol. The molecule has 0 spiro atoms. The first kappa shape index (κ1) is 19.4. The molecule has 1 aliphatic rings. The van der Waals surface area contributed by atoms with E-state index in [2.05, 4.69) is 10.4 Å². The van der Waals surface area contributed by atoms with E-state index in [4.69, 9.17) is 4.42 Å². The minimum absolute atomic E-state index is 0.0299. The lowest BCUT2D eigenvalue weighted by atomic mass is 10.2. The van der Waals surface area contributed by atoms with Gasteiger partial charge in [-0.1, -0.05) is 12.1 Å². The molecule has 1 aliphatic heterocycles. The van der Waals surface area contributed by atoms with Gasteiger partial charge in [0.25, 0.3) is 5.91 Å². The van der Waals surface area contributed by atoms with Gasteiger partial charge in [-0.3, -0.25) is 9.48 Å². The van der Waals surface area contributed by atoms with E-state index in [0.717, 1.165) is 18.4 Å². The van der Waals surface area contributed by atoms with Gasteiger partial charge in [-0.25, -0.2) is 8.42 Å². The molecule has 0 atom stereocenters. The van der Waals surface area contributed by atoms with Crippen molar-refractivity contribution in [3.63, 3.8) is 0 Å². The fourth-order valence-corrected chi connectivity index (χ4v) is 5.10. The molecule has 29 heavy (non-hydrogen) atoms. The smallest absolute Gasteiger partial charge is 0.291 e. The van der Waals surface area contributed by atoms with Crippen LogP contribution in [-0.2, 0) is 16.6 Å². The molecule has 1 amide bonds. The van der Waals surface area contributed by atoms with Gasteiger partial charge >= 0.3 is 0 Å². The van der Waals surface area contributed by atoms with E-state index in [1.165, 1.54) is 10.4 Å². The largest absolute Gasteiger partial charge is 0.455 e. The second-order valence-corrected chi connectivity index (χ2v) is 8.91. The summed E-state index contributed by atoms with van der Waals surface area (Å²) in [6.07, 6.45) is 5.26. The molecular weight excluding hydrogens is 392 g/mol. The van der Waals surface area contributed by atoms with Crippen molar-refractivity contribution in [3.8, 4) is 0 Å². The minimum Gasteiger partial charge on any atom is -0.455 e. The van der Waals surface area contributed by atoms with Crippen LogP contribution in [0.25, 0.3) is 0 Å². The van der Waals surface area contributed by atoms with Gasteiger partial charge in [0, 0.05) is 37.2 Å². The van der Waals surface area contributed by atoms with E-state index < -0.39 is 15.9 Å². The van der Waals surface area contributed by atoms with Crippen molar-refractivity contribution in [1.82, 2.24) is 14.1 Å². The third-order valence-corrected chi connectivity index (χ3v) is 6.87. The summed E-state index contributed by atoms with van der Waals surface area (Å²) in [7, 11) is -3.64. The summed E-state index contributed by atoms with van der Waals surface area (Å²) in [5, 5.41) is 6.94. The lowest BCUT2D eigenvalue weighted by molar-refractivity contribution is 0.0995. The van der Waals surface area contributed by atoms with Gasteiger partial charge in [0.15, 0.2) is 5.76 Å². The Balaban J connectivity index is 1.51. The molecule has 0 bridgehead atoms. The van der Waals surface area contributed by atoms with E-state index in [0.29, 0.717) is 25.3 Å². The Kier molecular flexibility index (Phi) is 5.25. The number of carbonyl (C=O) groups is 1. The number of benzene rings is 1. The maximum Gasteiger partial charge on any atom is 0.291 e. The highest BCUT2D eigenvalue weighted by atomic mass is 32.2. The number of aromatic nitrogens is 2. The van der Waals surface area contributed by atoms with Crippen molar-refractivity contribution in [3.05, 3.63) is 65.9 Å². The number of nitrogens with zero attached hydrogens (tertiary/aromatic N) is 3. The monoisotopic (exact) mass is 414 g/mol. The number of sulfonamides is 1. The predicted octanol–water partition coefficient (Wildman–Crippen LogP) is 2.87. The van der Waals surface area contributed by atoms with Gasteiger partial charge in [-0.15, -0.1) is 0 Å². The van der Waals surface area contributed by atoms with Crippen LogP contribution in [0.5, 0.6) is 0 Å². The molecule has 2 aromatic heterocycles. The topological polar surface area (TPSA) is 97.4 Å². The lowest BCUT2D eigenvalue weighted by Gasteiger charge is -2.14. The van der Waals surface area contributed by atoms with Crippen LogP contribution >= 0.6 is 0 Å². The molecule has 1 saturated heterocycles. The lowest BCUT2D eigenvalue weighted by Crippen LogP contribution is -2.28. The zero-order chi connectivity index (χ0) is 20.4. The second-order valence-electron chi connectivity index (χ2n) is 7.00. The Labute approximate surface area is 169 Å². The fourth-order valence-electron chi connectivity index (χ4n) is 3.42. The maximum atomic E-state index is 12.8. The molecule has 152 valence electrons. The summed E-state index contributed by atoms with van der Waals surface area (Å²) in [5.74, 6) is -0.306. The zero-order valence-corrected chi connectivity index (χ0v) is 16.9. The van der Waals surface area contributed by atoms with Crippen LogP contribution in [0.3, 0.4) is 0 Å². The Hall–Kier alpha value is -2.91. The van der Waals surface area contributed by atoms with Gasteiger partial charge in [0.05, 0.1) is 6.54 Å². The van der Waals surface area contributed by atoms with Gasteiger partial charge in [0.1, 0.15) is 10.7 Å². The highest BCUT2D eigenvalue weighted by Gasteiger charge is 2.31. The quantitative estimate of drug-likeness (QED) is 0.669. The van der Waals surface area contributed by atoms with Gasteiger partial charge in [-0.2, -0.15) is 9.40 Å².